The first-order valence-corrected chi connectivity index (χ1v) is 5.60. The molecule has 2 rings (SSSR count). The third-order valence-corrected chi connectivity index (χ3v) is 2.60. The lowest BCUT2D eigenvalue weighted by Gasteiger charge is -2.05. The van der Waals surface area contributed by atoms with E-state index in [4.69, 9.17) is 17.3 Å². The summed E-state index contributed by atoms with van der Waals surface area (Å²) in [5.41, 5.74) is 5.22. The lowest BCUT2D eigenvalue weighted by molar-refractivity contribution is 0.0992. The first-order valence-electron chi connectivity index (χ1n) is 5.22. The average Bonchev–Trinajstić information content (AvgIpc) is 2.78. The third kappa shape index (κ3) is 2.92. The summed E-state index contributed by atoms with van der Waals surface area (Å²) in [6, 6.07) is 4.98. The highest BCUT2D eigenvalue weighted by molar-refractivity contribution is 6.31. The van der Waals surface area contributed by atoms with E-state index in [9.17, 15) is 14.0 Å². The standard InChI is InChI=1S/C12H9ClFN3O2/c13-6-3-10(16-5-6)12(19)17-7-1-2-9(14)8(4-7)11(15)18/h1-5,16H,(H2,15,18)(H,17,19). The number of rotatable bonds is 3. The van der Waals surface area contributed by atoms with Crippen molar-refractivity contribution in [3.8, 4) is 0 Å². The molecule has 0 aliphatic rings. The van der Waals surface area contributed by atoms with Crippen LogP contribution in [0.15, 0.2) is 30.5 Å². The number of amides is 2. The fourth-order valence-electron chi connectivity index (χ4n) is 1.49. The van der Waals surface area contributed by atoms with E-state index in [0.717, 1.165) is 6.07 Å². The number of hydrogen-bond donors (Lipinski definition) is 3. The minimum Gasteiger partial charge on any atom is -0.366 e. The number of carbonyl (C=O) groups is 2. The van der Waals surface area contributed by atoms with Crippen LogP contribution in [-0.4, -0.2) is 16.8 Å². The van der Waals surface area contributed by atoms with E-state index in [1.807, 2.05) is 0 Å². The van der Waals surface area contributed by atoms with Crippen LogP contribution in [0.4, 0.5) is 10.1 Å². The molecule has 0 atom stereocenters. The second kappa shape index (κ2) is 5.11. The molecule has 1 heterocycles. The lowest BCUT2D eigenvalue weighted by Crippen LogP contribution is -2.16. The van der Waals surface area contributed by atoms with Gasteiger partial charge in [-0.05, 0) is 24.3 Å². The Hall–Kier alpha value is -2.34. The molecule has 7 heteroatoms. The molecule has 0 radical (unpaired) electrons. The van der Waals surface area contributed by atoms with Crippen LogP contribution < -0.4 is 11.1 Å². The zero-order valence-corrected chi connectivity index (χ0v) is 10.3. The normalized spacial score (nSPS) is 10.2. The number of aromatic amines is 1. The monoisotopic (exact) mass is 281 g/mol. The Balaban J connectivity index is 2.22. The van der Waals surface area contributed by atoms with Gasteiger partial charge in [0.25, 0.3) is 11.8 Å². The van der Waals surface area contributed by atoms with Gasteiger partial charge in [0.15, 0.2) is 0 Å². The second-order valence-electron chi connectivity index (χ2n) is 3.74. The molecule has 0 aliphatic carbocycles. The van der Waals surface area contributed by atoms with Crippen molar-refractivity contribution >= 4 is 29.1 Å². The fraction of sp³-hybridized carbons (Fsp3) is 0. The molecule has 2 aromatic rings. The number of H-pyrrole nitrogens is 1. The summed E-state index contributed by atoms with van der Waals surface area (Å²) < 4.78 is 13.2. The van der Waals surface area contributed by atoms with Crippen molar-refractivity contribution < 1.29 is 14.0 Å². The van der Waals surface area contributed by atoms with E-state index in [1.165, 1.54) is 24.4 Å². The van der Waals surface area contributed by atoms with Crippen LogP contribution in [0.2, 0.25) is 5.02 Å². The second-order valence-corrected chi connectivity index (χ2v) is 4.18. The molecule has 0 unspecified atom stereocenters. The van der Waals surface area contributed by atoms with Gasteiger partial charge in [0.2, 0.25) is 0 Å². The van der Waals surface area contributed by atoms with Gasteiger partial charge in [-0.25, -0.2) is 4.39 Å². The van der Waals surface area contributed by atoms with Gasteiger partial charge in [0, 0.05) is 11.9 Å². The Kier molecular flexibility index (Phi) is 3.52. The number of benzene rings is 1. The van der Waals surface area contributed by atoms with Crippen molar-refractivity contribution in [2.45, 2.75) is 0 Å². The van der Waals surface area contributed by atoms with E-state index in [-0.39, 0.29) is 16.9 Å². The Labute approximate surface area is 112 Å². The molecule has 0 saturated carbocycles. The molecule has 0 spiro atoms. The van der Waals surface area contributed by atoms with Crippen molar-refractivity contribution in [2.75, 3.05) is 5.32 Å². The molecule has 5 nitrogen and oxygen atoms in total. The summed E-state index contributed by atoms with van der Waals surface area (Å²) in [7, 11) is 0. The fourth-order valence-corrected chi connectivity index (χ4v) is 1.65. The highest BCUT2D eigenvalue weighted by atomic mass is 35.5. The molecule has 4 N–H and O–H groups in total. The average molecular weight is 282 g/mol. The highest BCUT2D eigenvalue weighted by Crippen LogP contribution is 2.16. The van der Waals surface area contributed by atoms with Crippen LogP contribution in [0.3, 0.4) is 0 Å². The van der Waals surface area contributed by atoms with Crippen LogP contribution >= 0.6 is 11.6 Å². The molecule has 1 aromatic heterocycles. The first-order chi connectivity index (χ1) is 8.97. The van der Waals surface area contributed by atoms with Crippen molar-refractivity contribution in [1.82, 2.24) is 4.98 Å². The molecule has 19 heavy (non-hydrogen) atoms. The van der Waals surface area contributed by atoms with Crippen LogP contribution in [0.25, 0.3) is 0 Å². The summed E-state index contributed by atoms with van der Waals surface area (Å²) in [6.45, 7) is 0. The molecule has 0 bridgehead atoms. The summed E-state index contributed by atoms with van der Waals surface area (Å²) >= 11 is 5.67. The van der Waals surface area contributed by atoms with Gasteiger partial charge in [0.1, 0.15) is 11.5 Å². The van der Waals surface area contributed by atoms with Crippen molar-refractivity contribution in [3.63, 3.8) is 0 Å². The zero-order valence-electron chi connectivity index (χ0n) is 9.54. The van der Waals surface area contributed by atoms with Crippen LogP contribution in [0.5, 0.6) is 0 Å². The minimum absolute atomic E-state index is 0.245. The summed E-state index contributed by atoms with van der Waals surface area (Å²) in [4.78, 5) is 25.4. The molecule has 1 aromatic carbocycles. The van der Waals surface area contributed by atoms with Gasteiger partial charge >= 0.3 is 0 Å². The first kappa shape index (κ1) is 13.1. The van der Waals surface area contributed by atoms with Gasteiger partial charge in [-0.15, -0.1) is 0 Å². The molecule has 0 saturated heterocycles. The van der Waals surface area contributed by atoms with Crippen LogP contribution in [0, 0.1) is 5.82 Å². The van der Waals surface area contributed by atoms with Gasteiger partial charge in [-0.2, -0.15) is 0 Å². The summed E-state index contributed by atoms with van der Waals surface area (Å²) in [5, 5.41) is 2.88. The van der Waals surface area contributed by atoms with E-state index in [0.29, 0.717) is 5.02 Å². The number of halogens is 2. The van der Waals surface area contributed by atoms with Gasteiger partial charge in [-0.1, -0.05) is 11.6 Å². The largest absolute Gasteiger partial charge is 0.366 e. The number of primary amides is 1. The number of hydrogen-bond acceptors (Lipinski definition) is 2. The lowest BCUT2D eigenvalue weighted by atomic mass is 10.1. The number of carbonyl (C=O) groups excluding carboxylic acids is 2. The maximum Gasteiger partial charge on any atom is 0.272 e. The Morgan fingerprint density at radius 1 is 1.32 bits per heavy atom. The van der Waals surface area contributed by atoms with Crippen LogP contribution in [-0.2, 0) is 0 Å². The molecule has 0 aliphatic heterocycles. The predicted molar refractivity (Wildman–Crippen MR) is 68.7 cm³/mol. The number of aromatic nitrogens is 1. The van der Waals surface area contributed by atoms with Gasteiger partial charge in [-0.3, -0.25) is 9.59 Å². The van der Waals surface area contributed by atoms with Gasteiger partial charge < -0.3 is 16.0 Å². The van der Waals surface area contributed by atoms with E-state index >= 15 is 0 Å². The number of nitrogens with two attached hydrogens (primary N) is 1. The Morgan fingerprint density at radius 3 is 2.63 bits per heavy atom. The predicted octanol–water partition coefficient (Wildman–Crippen LogP) is 2.16. The Morgan fingerprint density at radius 2 is 2.05 bits per heavy atom. The van der Waals surface area contributed by atoms with Crippen molar-refractivity contribution in [3.05, 3.63) is 52.6 Å². The van der Waals surface area contributed by atoms with Crippen molar-refractivity contribution in [1.29, 1.82) is 0 Å². The number of nitrogens with one attached hydrogen (secondary N) is 2. The smallest absolute Gasteiger partial charge is 0.272 e. The topological polar surface area (TPSA) is 88.0 Å². The van der Waals surface area contributed by atoms with Crippen LogP contribution in [0.1, 0.15) is 20.8 Å². The minimum atomic E-state index is -0.906. The molecule has 98 valence electrons. The molecule has 0 fully saturated rings. The molecular formula is C12H9ClFN3O2. The Bertz CT molecular complexity index is 654. The van der Waals surface area contributed by atoms with Gasteiger partial charge in [0.05, 0.1) is 10.6 Å². The van der Waals surface area contributed by atoms with Crippen molar-refractivity contribution in [2.24, 2.45) is 5.73 Å². The quantitative estimate of drug-likeness (QED) is 0.805. The van der Waals surface area contributed by atoms with E-state index in [2.05, 4.69) is 10.3 Å². The summed E-state index contributed by atoms with van der Waals surface area (Å²) in [5.74, 6) is -2.11. The molecular weight excluding hydrogens is 273 g/mol. The highest BCUT2D eigenvalue weighted by Gasteiger charge is 2.12. The molecule has 2 amide bonds. The van der Waals surface area contributed by atoms with E-state index in [1.54, 1.807) is 0 Å². The van der Waals surface area contributed by atoms with E-state index < -0.39 is 17.6 Å². The summed E-state index contributed by atoms with van der Waals surface area (Å²) in [6.07, 6.45) is 1.45. The SMILES string of the molecule is NC(=O)c1cc(NC(=O)c2cc(Cl)c[nH]2)ccc1F. The number of anilines is 1. The third-order valence-electron chi connectivity index (χ3n) is 2.38. The maximum absolute atomic E-state index is 13.2. The zero-order chi connectivity index (χ0) is 14.0. The maximum atomic E-state index is 13.2.